The molecule has 1 aliphatic carbocycles. The molecular weight excluding hydrogens is 380 g/mol. The number of nitrogens with one attached hydrogen (secondary N) is 2. The van der Waals surface area contributed by atoms with Crippen LogP contribution in [0.1, 0.15) is 56.2 Å². The molecular formula is C22H30N6S. The second-order valence-electron chi connectivity index (χ2n) is 7.94. The molecule has 2 N–H and O–H groups in total. The normalized spacial score (nSPS) is 17.8. The number of thiocarbonyl (C=S) groups is 1. The molecule has 1 saturated carbocycles. The fraction of sp³-hybridized carbons (Fsp3) is 0.500. The molecule has 1 aromatic carbocycles. The van der Waals surface area contributed by atoms with E-state index < -0.39 is 0 Å². The molecule has 2 aliphatic rings. The Labute approximate surface area is 178 Å². The molecule has 154 valence electrons. The minimum atomic E-state index is 0.474. The van der Waals surface area contributed by atoms with Crippen molar-refractivity contribution in [3.63, 3.8) is 0 Å². The van der Waals surface area contributed by atoms with Gasteiger partial charge in [-0.05, 0) is 57.0 Å². The first-order valence-corrected chi connectivity index (χ1v) is 11.1. The average Bonchev–Trinajstić information content (AvgIpc) is 3.38. The third-order valence-corrected chi connectivity index (χ3v) is 6.00. The number of hydrazone groups is 1. The molecule has 0 bridgehead atoms. The van der Waals surface area contributed by atoms with Gasteiger partial charge in [0, 0.05) is 19.1 Å². The number of nitrogens with zero attached hydrogens (tertiary/aromatic N) is 4. The Morgan fingerprint density at radius 1 is 1.10 bits per heavy atom. The van der Waals surface area contributed by atoms with E-state index in [1.54, 1.807) is 0 Å². The van der Waals surface area contributed by atoms with Crippen LogP contribution < -0.4 is 15.6 Å². The molecule has 1 aromatic heterocycles. The standard InChI is InChI=1S/C22H30N6S/c1-17-20(16-23-25-22(29)24-18-10-4-2-5-11-18)21(27-14-8-9-15-27)28(26-17)19-12-6-3-7-13-19/h3,6-7,12-13,16,18H,2,4-5,8-11,14-15H2,1H3,(H2,24,25,29). The predicted octanol–water partition coefficient (Wildman–Crippen LogP) is 3.91. The molecule has 1 aliphatic heterocycles. The molecule has 0 atom stereocenters. The van der Waals surface area contributed by atoms with Gasteiger partial charge < -0.3 is 10.2 Å². The van der Waals surface area contributed by atoms with Crippen molar-refractivity contribution in [2.45, 2.75) is 57.9 Å². The number of hydrogen-bond acceptors (Lipinski definition) is 4. The lowest BCUT2D eigenvalue weighted by Gasteiger charge is -2.23. The van der Waals surface area contributed by atoms with E-state index in [0.29, 0.717) is 11.2 Å². The van der Waals surface area contributed by atoms with Gasteiger partial charge in [-0.1, -0.05) is 37.5 Å². The van der Waals surface area contributed by atoms with Crippen molar-refractivity contribution in [2.75, 3.05) is 18.0 Å². The monoisotopic (exact) mass is 410 g/mol. The Kier molecular flexibility index (Phi) is 6.44. The lowest BCUT2D eigenvalue weighted by molar-refractivity contribution is 0.412. The maximum absolute atomic E-state index is 5.44. The van der Waals surface area contributed by atoms with Gasteiger partial charge >= 0.3 is 0 Å². The van der Waals surface area contributed by atoms with Gasteiger partial charge in [-0.2, -0.15) is 10.2 Å². The van der Waals surface area contributed by atoms with Gasteiger partial charge in [-0.3, -0.25) is 5.43 Å². The summed E-state index contributed by atoms with van der Waals surface area (Å²) in [7, 11) is 0. The number of rotatable bonds is 5. The van der Waals surface area contributed by atoms with Gasteiger partial charge in [0.2, 0.25) is 0 Å². The van der Waals surface area contributed by atoms with Crippen LogP contribution >= 0.6 is 12.2 Å². The number of aromatic nitrogens is 2. The van der Waals surface area contributed by atoms with Crippen molar-refractivity contribution in [1.82, 2.24) is 20.5 Å². The summed E-state index contributed by atoms with van der Waals surface area (Å²) in [5.41, 5.74) is 6.09. The summed E-state index contributed by atoms with van der Waals surface area (Å²) in [5, 5.41) is 13.3. The van der Waals surface area contributed by atoms with Crippen molar-refractivity contribution >= 4 is 29.4 Å². The highest BCUT2D eigenvalue weighted by molar-refractivity contribution is 7.80. The van der Waals surface area contributed by atoms with Gasteiger partial charge in [0.15, 0.2) is 5.11 Å². The van der Waals surface area contributed by atoms with Crippen LogP contribution in [0, 0.1) is 6.92 Å². The van der Waals surface area contributed by atoms with Gasteiger partial charge in [0.1, 0.15) is 5.82 Å². The summed E-state index contributed by atoms with van der Waals surface area (Å²) in [6.07, 6.45) is 10.6. The zero-order valence-corrected chi connectivity index (χ0v) is 17.9. The summed E-state index contributed by atoms with van der Waals surface area (Å²) in [6.45, 7) is 4.14. The van der Waals surface area contributed by atoms with Crippen molar-refractivity contribution in [3.05, 3.63) is 41.6 Å². The van der Waals surface area contributed by atoms with Crippen LogP contribution in [0.2, 0.25) is 0 Å². The lowest BCUT2D eigenvalue weighted by Crippen LogP contribution is -2.40. The number of benzene rings is 1. The average molecular weight is 411 g/mol. The van der Waals surface area contributed by atoms with Gasteiger partial charge in [-0.15, -0.1) is 0 Å². The van der Waals surface area contributed by atoms with E-state index in [4.69, 9.17) is 17.3 Å². The first-order chi connectivity index (χ1) is 14.2. The third-order valence-electron chi connectivity index (χ3n) is 5.79. The zero-order valence-electron chi connectivity index (χ0n) is 17.1. The van der Waals surface area contributed by atoms with Crippen LogP contribution in [0.4, 0.5) is 5.82 Å². The summed E-state index contributed by atoms with van der Waals surface area (Å²) >= 11 is 5.44. The first kappa shape index (κ1) is 19.9. The van der Waals surface area contributed by atoms with E-state index in [2.05, 4.69) is 32.9 Å². The maximum atomic E-state index is 5.44. The Morgan fingerprint density at radius 3 is 2.55 bits per heavy atom. The highest BCUT2D eigenvalue weighted by atomic mass is 32.1. The summed E-state index contributed by atoms with van der Waals surface area (Å²) in [6, 6.07) is 10.8. The molecule has 1 saturated heterocycles. The lowest BCUT2D eigenvalue weighted by atomic mass is 9.96. The summed E-state index contributed by atoms with van der Waals surface area (Å²) in [4.78, 5) is 2.41. The SMILES string of the molecule is Cc1nn(-c2ccccc2)c(N2CCCC2)c1C=NNC(=S)NC1CCCCC1. The van der Waals surface area contributed by atoms with Crippen LogP contribution in [0.15, 0.2) is 35.4 Å². The highest BCUT2D eigenvalue weighted by Crippen LogP contribution is 2.29. The molecule has 2 heterocycles. The minimum absolute atomic E-state index is 0.474. The second-order valence-corrected chi connectivity index (χ2v) is 8.35. The third kappa shape index (κ3) is 4.78. The first-order valence-electron chi connectivity index (χ1n) is 10.7. The molecule has 6 nitrogen and oxygen atoms in total. The highest BCUT2D eigenvalue weighted by Gasteiger charge is 2.23. The van der Waals surface area contributed by atoms with E-state index in [1.807, 2.05) is 36.0 Å². The van der Waals surface area contributed by atoms with Crippen LogP contribution in [0.25, 0.3) is 5.69 Å². The molecule has 0 radical (unpaired) electrons. The fourth-order valence-corrected chi connectivity index (χ4v) is 4.50. The van der Waals surface area contributed by atoms with Crippen LogP contribution in [-0.2, 0) is 0 Å². The Balaban J connectivity index is 1.52. The Morgan fingerprint density at radius 2 is 1.83 bits per heavy atom. The zero-order chi connectivity index (χ0) is 20.1. The van der Waals surface area contributed by atoms with Gasteiger partial charge in [0.25, 0.3) is 0 Å². The van der Waals surface area contributed by atoms with E-state index in [0.717, 1.165) is 35.9 Å². The number of hydrogen-bond donors (Lipinski definition) is 2. The van der Waals surface area contributed by atoms with E-state index in [-0.39, 0.29) is 0 Å². The second kappa shape index (κ2) is 9.39. The van der Waals surface area contributed by atoms with E-state index in [9.17, 15) is 0 Å². The smallest absolute Gasteiger partial charge is 0.187 e. The molecule has 29 heavy (non-hydrogen) atoms. The predicted molar refractivity (Wildman–Crippen MR) is 123 cm³/mol. The van der Waals surface area contributed by atoms with E-state index in [1.165, 1.54) is 44.9 Å². The Hall–Kier alpha value is -2.41. The fourth-order valence-electron chi connectivity index (χ4n) is 4.28. The summed E-state index contributed by atoms with van der Waals surface area (Å²) in [5.74, 6) is 1.11. The van der Waals surface area contributed by atoms with Crippen LogP contribution in [-0.4, -0.2) is 40.2 Å². The molecule has 0 unspecified atom stereocenters. The largest absolute Gasteiger partial charge is 0.359 e. The molecule has 2 fully saturated rings. The molecule has 0 amide bonds. The Bertz CT molecular complexity index is 848. The van der Waals surface area contributed by atoms with Crippen LogP contribution in [0.3, 0.4) is 0 Å². The number of aryl methyl sites for hydroxylation is 1. The molecule has 2 aromatic rings. The molecule has 0 spiro atoms. The summed E-state index contributed by atoms with van der Waals surface area (Å²) < 4.78 is 2.04. The topological polar surface area (TPSA) is 57.5 Å². The van der Waals surface area contributed by atoms with Crippen LogP contribution in [0.5, 0.6) is 0 Å². The van der Waals surface area contributed by atoms with Crippen molar-refractivity contribution < 1.29 is 0 Å². The minimum Gasteiger partial charge on any atom is -0.359 e. The van der Waals surface area contributed by atoms with E-state index >= 15 is 0 Å². The van der Waals surface area contributed by atoms with Gasteiger partial charge in [-0.25, -0.2) is 4.68 Å². The maximum Gasteiger partial charge on any atom is 0.187 e. The van der Waals surface area contributed by atoms with Crippen molar-refractivity contribution in [1.29, 1.82) is 0 Å². The quantitative estimate of drug-likeness (QED) is 0.445. The van der Waals surface area contributed by atoms with Gasteiger partial charge in [0.05, 0.1) is 23.2 Å². The molecule has 7 heteroatoms. The number of para-hydroxylation sites is 1. The number of anilines is 1. The van der Waals surface area contributed by atoms with Crippen molar-refractivity contribution in [3.8, 4) is 5.69 Å². The van der Waals surface area contributed by atoms with Crippen molar-refractivity contribution in [2.24, 2.45) is 5.10 Å². The molecule has 4 rings (SSSR count).